The van der Waals surface area contributed by atoms with Crippen LogP contribution in [-0.2, 0) is 14.3 Å². The highest BCUT2D eigenvalue weighted by molar-refractivity contribution is 5.81. The monoisotopic (exact) mass is 313 g/mol. The first kappa shape index (κ1) is 17.1. The maximum Gasteiger partial charge on any atom is 0.433 e. The van der Waals surface area contributed by atoms with Crippen molar-refractivity contribution in [3.8, 4) is 0 Å². The second kappa shape index (κ2) is 8.39. The van der Waals surface area contributed by atoms with Crippen molar-refractivity contribution in [3.05, 3.63) is 28.0 Å². The average Bonchev–Trinajstić information content (AvgIpc) is 2.93. The molecule has 10 nitrogen and oxygen atoms in total. The molecule has 10 heteroatoms. The van der Waals surface area contributed by atoms with Gasteiger partial charge in [0.25, 0.3) is 0 Å². The van der Waals surface area contributed by atoms with Gasteiger partial charge in [0.2, 0.25) is 0 Å². The van der Waals surface area contributed by atoms with Gasteiger partial charge in [-0.25, -0.2) is 4.79 Å². The Kier molecular flexibility index (Phi) is 6.54. The minimum Gasteiger partial charge on any atom is -0.465 e. The lowest BCUT2D eigenvalue weighted by atomic mass is 10.5. The van der Waals surface area contributed by atoms with E-state index in [4.69, 9.17) is 13.9 Å². The van der Waals surface area contributed by atoms with Crippen molar-refractivity contribution in [1.82, 2.24) is 5.01 Å². The van der Waals surface area contributed by atoms with Crippen LogP contribution < -0.4 is 0 Å². The van der Waals surface area contributed by atoms with Crippen LogP contribution in [0.15, 0.2) is 21.7 Å². The third kappa shape index (κ3) is 5.23. The van der Waals surface area contributed by atoms with Crippen molar-refractivity contribution >= 4 is 24.2 Å². The van der Waals surface area contributed by atoms with Crippen molar-refractivity contribution in [3.63, 3.8) is 0 Å². The van der Waals surface area contributed by atoms with E-state index >= 15 is 0 Å². The van der Waals surface area contributed by atoms with E-state index in [0.717, 1.165) is 17.3 Å². The molecule has 1 heterocycles. The highest BCUT2D eigenvalue weighted by Gasteiger charge is 2.18. The molecular formula is C12H15N3O7. The summed E-state index contributed by atoms with van der Waals surface area (Å²) in [5, 5.41) is 14.9. The smallest absolute Gasteiger partial charge is 0.433 e. The minimum absolute atomic E-state index is 0.0462. The molecule has 0 bridgehead atoms. The lowest BCUT2D eigenvalue weighted by Crippen LogP contribution is -2.33. The molecule has 0 saturated carbocycles. The second-order valence-corrected chi connectivity index (χ2v) is 3.74. The Bertz CT molecular complexity index is 567. The fraction of sp³-hybridized carbons (Fsp3) is 0.417. The van der Waals surface area contributed by atoms with Crippen molar-refractivity contribution in [1.29, 1.82) is 0 Å². The highest BCUT2D eigenvalue weighted by atomic mass is 16.6. The molecule has 0 aliphatic heterocycles. The summed E-state index contributed by atoms with van der Waals surface area (Å²) in [6.45, 7) is 3.02. The van der Waals surface area contributed by atoms with Gasteiger partial charge in [-0.05, 0) is 19.9 Å². The summed E-state index contributed by atoms with van der Waals surface area (Å²) >= 11 is 0. The summed E-state index contributed by atoms with van der Waals surface area (Å²) < 4.78 is 14.3. The number of hydrazone groups is 1. The molecule has 0 spiro atoms. The van der Waals surface area contributed by atoms with Crippen LogP contribution >= 0.6 is 0 Å². The number of hydrogen-bond donors (Lipinski definition) is 0. The van der Waals surface area contributed by atoms with Crippen LogP contribution in [0.25, 0.3) is 0 Å². The highest BCUT2D eigenvalue weighted by Crippen LogP contribution is 2.14. The largest absolute Gasteiger partial charge is 0.465 e. The summed E-state index contributed by atoms with van der Waals surface area (Å²) in [7, 11) is 0. The SMILES string of the molecule is CCOC(=O)CN(/N=C/c1ccc([N+](=O)[O-])o1)C(=O)OCC. The fourth-order valence-corrected chi connectivity index (χ4v) is 1.32. The van der Waals surface area contributed by atoms with Gasteiger partial charge in [0.15, 0.2) is 5.76 Å². The third-order valence-electron chi connectivity index (χ3n) is 2.18. The molecule has 0 aromatic carbocycles. The Hall–Kier alpha value is -2.91. The van der Waals surface area contributed by atoms with E-state index in [1.54, 1.807) is 13.8 Å². The zero-order chi connectivity index (χ0) is 16.5. The van der Waals surface area contributed by atoms with E-state index in [2.05, 4.69) is 5.10 Å². The molecule has 0 fully saturated rings. The van der Waals surface area contributed by atoms with Crippen LogP contribution in [0.4, 0.5) is 10.7 Å². The molecule has 1 amide bonds. The Morgan fingerprint density at radius 1 is 1.36 bits per heavy atom. The second-order valence-electron chi connectivity index (χ2n) is 3.74. The molecule has 0 unspecified atom stereocenters. The van der Waals surface area contributed by atoms with Gasteiger partial charge >= 0.3 is 17.9 Å². The zero-order valence-corrected chi connectivity index (χ0v) is 12.1. The molecule has 0 radical (unpaired) electrons. The molecule has 0 N–H and O–H groups in total. The number of ether oxygens (including phenoxy) is 2. The van der Waals surface area contributed by atoms with Crippen LogP contribution in [0.1, 0.15) is 19.6 Å². The average molecular weight is 313 g/mol. The van der Waals surface area contributed by atoms with Crippen LogP contribution in [0.5, 0.6) is 0 Å². The van der Waals surface area contributed by atoms with E-state index < -0.39 is 29.4 Å². The topological polar surface area (TPSA) is 124 Å². The van der Waals surface area contributed by atoms with Gasteiger partial charge in [-0.3, -0.25) is 14.9 Å². The molecule has 0 aliphatic carbocycles. The predicted octanol–water partition coefficient (Wildman–Crippen LogP) is 1.54. The first-order chi connectivity index (χ1) is 10.5. The van der Waals surface area contributed by atoms with E-state index in [1.165, 1.54) is 6.07 Å². The van der Waals surface area contributed by atoms with E-state index in [-0.39, 0.29) is 19.0 Å². The van der Waals surface area contributed by atoms with Crippen LogP contribution in [0.2, 0.25) is 0 Å². The maximum atomic E-state index is 11.7. The number of furan rings is 1. The summed E-state index contributed by atoms with van der Waals surface area (Å²) in [5.41, 5.74) is 0. The normalized spacial score (nSPS) is 10.5. The van der Waals surface area contributed by atoms with Gasteiger partial charge in [-0.2, -0.15) is 10.1 Å². The summed E-state index contributed by atoms with van der Waals surface area (Å²) in [5.74, 6) is -1.09. The van der Waals surface area contributed by atoms with E-state index in [9.17, 15) is 19.7 Å². The van der Waals surface area contributed by atoms with Gasteiger partial charge < -0.3 is 13.9 Å². The lowest BCUT2D eigenvalue weighted by Gasteiger charge is -2.14. The lowest BCUT2D eigenvalue weighted by molar-refractivity contribution is -0.402. The first-order valence-electron chi connectivity index (χ1n) is 6.36. The number of hydrogen-bond acceptors (Lipinski definition) is 8. The molecule has 0 aliphatic rings. The molecule has 1 aromatic heterocycles. The van der Waals surface area contributed by atoms with Crippen LogP contribution in [-0.4, -0.2) is 48.0 Å². The van der Waals surface area contributed by atoms with E-state index in [0.29, 0.717) is 0 Å². The van der Waals surface area contributed by atoms with Crippen molar-refractivity contribution < 1.29 is 28.4 Å². The van der Waals surface area contributed by atoms with Crippen molar-refractivity contribution in [2.45, 2.75) is 13.8 Å². The van der Waals surface area contributed by atoms with Crippen LogP contribution in [0, 0.1) is 10.1 Å². The first-order valence-corrected chi connectivity index (χ1v) is 6.36. The summed E-state index contributed by atoms with van der Waals surface area (Å²) in [4.78, 5) is 32.8. The Labute approximate surface area is 125 Å². The quantitative estimate of drug-likeness (QED) is 0.323. The van der Waals surface area contributed by atoms with Crippen molar-refractivity contribution in [2.24, 2.45) is 5.10 Å². The number of amides is 1. The maximum absolute atomic E-state index is 11.7. The van der Waals surface area contributed by atoms with Crippen molar-refractivity contribution in [2.75, 3.05) is 19.8 Å². The Morgan fingerprint density at radius 2 is 2.05 bits per heavy atom. The number of rotatable bonds is 7. The molecule has 22 heavy (non-hydrogen) atoms. The summed E-state index contributed by atoms with van der Waals surface area (Å²) in [6, 6.07) is 2.44. The Balaban J connectivity index is 2.81. The van der Waals surface area contributed by atoms with Crippen LogP contribution in [0.3, 0.4) is 0 Å². The zero-order valence-electron chi connectivity index (χ0n) is 12.1. The summed E-state index contributed by atoms with van der Waals surface area (Å²) in [6.07, 6.45) is 0.205. The fourth-order valence-electron chi connectivity index (χ4n) is 1.32. The Morgan fingerprint density at radius 3 is 2.59 bits per heavy atom. The molecule has 1 rings (SSSR count). The molecule has 0 saturated heterocycles. The number of esters is 1. The number of carbonyl (C=O) groups excluding carboxylic acids is 2. The van der Waals surface area contributed by atoms with Gasteiger partial charge in [-0.1, -0.05) is 0 Å². The standard InChI is InChI=1S/C12H15N3O7/c1-3-20-11(16)8-14(12(17)21-4-2)13-7-9-5-6-10(22-9)15(18)19/h5-7H,3-4,8H2,1-2H3/b13-7+. The van der Waals surface area contributed by atoms with Gasteiger partial charge in [0.05, 0.1) is 25.5 Å². The number of carbonyl (C=O) groups is 2. The van der Waals surface area contributed by atoms with E-state index in [1.807, 2.05) is 0 Å². The number of nitro groups is 1. The van der Waals surface area contributed by atoms with Gasteiger partial charge in [-0.15, -0.1) is 0 Å². The predicted molar refractivity (Wildman–Crippen MR) is 73.3 cm³/mol. The van der Waals surface area contributed by atoms with Gasteiger partial charge in [0, 0.05) is 0 Å². The molecule has 0 atom stereocenters. The third-order valence-corrected chi connectivity index (χ3v) is 2.18. The molecule has 1 aromatic rings. The number of nitrogens with zero attached hydrogens (tertiary/aromatic N) is 3. The van der Waals surface area contributed by atoms with Gasteiger partial charge in [0.1, 0.15) is 11.5 Å². The molecule has 120 valence electrons. The molecular weight excluding hydrogens is 298 g/mol. The minimum atomic E-state index is -0.854.